The van der Waals surface area contributed by atoms with E-state index >= 15 is 0 Å². The van der Waals surface area contributed by atoms with Crippen LogP contribution in [0.2, 0.25) is 0 Å². The predicted octanol–water partition coefficient (Wildman–Crippen LogP) is 7.29. The number of nitrogens with zero attached hydrogens (tertiary/aromatic N) is 3. The predicted molar refractivity (Wildman–Crippen MR) is 199 cm³/mol. The molecule has 0 radical (unpaired) electrons. The number of aromatic nitrogens is 1. The third kappa shape index (κ3) is 8.47. The Kier molecular flexibility index (Phi) is 11.1. The normalized spacial score (nSPS) is 15.5. The van der Waals surface area contributed by atoms with Crippen LogP contribution in [0, 0.1) is 13.8 Å². The number of aromatic amines is 1. The van der Waals surface area contributed by atoms with Crippen molar-refractivity contribution in [3.05, 3.63) is 106 Å². The van der Waals surface area contributed by atoms with Crippen molar-refractivity contribution in [1.82, 2.24) is 19.7 Å². The number of piperazine rings is 1. The molecule has 0 spiro atoms. The van der Waals surface area contributed by atoms with Gasteiger partial charge in [-0.05, 0) is 81.0 Å². The Morgan fingerprint density at radius 1 is 0.943 bits per heavy atom. The number of benzene rings is 3. The maximum atomic E-state index is 13.7. The van der Waals surface area contributed by atoms with Crippen LogP contribution < -0.4 is 15.4 Å². The number of fused-ring (bicyclic) bond motifs is 1. The zero-order valence-electron chi connectivity index (χ0n) is 30.2. The van der Waals surface area contributed by atoms with Crippen molar-refractivity contribution in [3.63, 3.8) is 0 Å². The van der Waals surface area contributed by atoms with Gasteiger partial charge in [0.05, 0.1) is 22.4 Å². The quantitative estimate of drug-likeness (QED) is 0.140. The molecule has 0 saturated carbocycles. The van der Waals surface area contributed by atoms with Crippen LogP contribution in [0.15, 0.2) is 66.7 Å². The highest BCUT2D eigenvalue weighted by Crippen LogP contribution is 2.38. The summed E-state index contributed by atoms with van der Waals surface area (Å²) in [5.41, 5.74) is 3.78. The summed E-state index contributed by atoms with van der Waals surface area (Å²) in [4.78, 5) is 49.6. The number of carbonyl (C=O) groups is 3. The van der Waals surface area contributed by atoms with Crippen LogP contribution in [0.25, 0.3) is 11.6 Å². The number of likely N-dealkylation sites (N-methyl/N-ethyl adjacent to an activating group) is 1. The van der Waals surface area contributed by atoms with E-state index in [0.717, 1.165) is 62.7 Å². The summed E-state index contributed by atoms with van der Waals surface area (Å²) < 4.78 is 45.4. The fraction of sp³-hybridized carbons (Fsp3) is 0.325. The zero-order chi connectivity index (χ0) is 37.9. The second-order valence-corrected chi connectivity index (χ2v) is 13.2. The Balaban J connectivity index is 1.12. The SMILES string of the molecule is CCN(CC)CCN1CCN(C(=O)c2c(C)[nH]c(C=C3C(=O)Nc4cc(Oc5cccc(NC(=O)c6cccc(C(F)(F)F)c6)c5)ccc43)c2C)CC1. The summed E-state index contributed by atoms with van der Waals surface area (Å²) in [5, 5.41) is 5.50. The van der Waals surface area contributed by atoms with E-state index in [9.17, 15) is 27.6 Å². The number of hydrogen-bond donors (Lipinski definition) is 3. The highest BCUT2D eigenvalue weighted by molar-refractivity contribution is 6.35. The van der Waals surface area contributed by atoms with E-state index in [2.05, 4.69) is 39.3 Å². The van der Waals surface area contributed by atoms with Crippen molar-refractivity contribution in [1.29, 1.82) is 0 Å². The minimum Gasteiger partial charge on any atom is -0.457 e. The Morgan fingerprint density at radius 3 is 2.38 bits per heavy atom. The molecule has 3 aromatic carbocycles. The molecule has 6 rings (SSSR count). The first-order valence-corrected chi connectivity index (χ1v) is 17.7. The number of alkyl halides is 3. The summed E-state index contributed by atoms with van der Waals surface area (Å²) in [6.45, 7) is 15.2. The number of H-pyrrole nitrogens is 1. The van der Waals surface area contributed by atoms with Gasteiger partial charge in [-0.3, -0.25) is 19.3 Å². The van der Waals surface area contributed by atoms with Gasteiger partial charge in [0, 0.05) is 79.6 Å². The number of rotatable bonds is 11. The molecule has 0 unspecified atom stereocenters. The number of halogens is 3. The highest BCUT2D eigenvalue weighted by Gasteiger charge is 2.31. The van der Waals surface area contributed by atoms with E-state index in [0.29, 0.717) is 58.4 Å². The standard InChI is InChI=1S/C40H43F3N6O4/c1-5-47(6-2)15-16-48-17-19-49(20-18-48)39(52)36-25(3)34(44-26(36)4)24-33-32-14-13-31(23-35(32)46-38(33)51)53-30-12-8-11-29(22-30)45-37(50)27-9-7-10-28(21-27)40(41,42)43/h7-14,21-24,44H,5-6,15-20H2,1-4H3,(H,45,50)(H,46,51). The molecule has 0 bridgehead atoms. The Hall–Kier alpha value is -5.40. The summed E-state index contributed by atoms with van der Waals surface area (Å²) in [7, 11) is 0. The van der Waals surface area contributed by atoms with Crippen molar-refractivity contribution in [2.24, 2.45) is 0 Å². The van der Waals surface area contributed by atoms with Crippen LogP contribution in [0.3, 0.4) is 0 Å². The molecule has 3 heterocycles. The number of amides is 3. The van der Waals surface area contributed by atoms with E-state index < -0.39 is 17.6 Å². The molecule has 10 nitrogen and oxygen atoms in total. The van der Waals surface area contributed by atoms with Crippen molar-refractivity contribution in [2.45, 2.75) is 33.9 Å². The molecule has 1 saturated heterocycles. The molecule has 13 heteroatoms. The Bertz CT molecular complexity index is 2040. The van der Waals surface area contributed by atoms with Gasteiger partial charge in [-0.2, -0.15) is 13.2 Å². The first kappa shape index (κ1) is 37.4. The van der Waals surface area contributed by atoms with Gasteiger partial charge in [0.25, 0.3) is 17.7 Å². The highest BCUT2D eigenvalue weighted by atomic mass is 19.4. The summed E-state index contributed by atoms with van der Waals surface area (Å²) >= 11 is 0. The third-order valence-corrected chi connectivity index (χ3v) is 9.82. The monoisotopic (exact) mass is 728 g/mol. The van der Waals surface area contributed by atoms with Crippen LogP contribution >= 0.6 is 0 Å². The average molecular weight is 729 g/mol. The second kappa shape index (κ2) is 15.7. The van der Waals surface area contributed by atoms with Crippen molar-refractivity contribution < 1.29 is 32.3 Å². The molecule has 4 aromatic rings. The number of carbonyl (C=O) groups excluding carboxylic acids is 3. The maximum Gasteiger partial charge on any atom is 0.416 e. The molecule has 1 aromatic heterocycles. The number of nitrogens with one attached hydrogen (secondary N) is 3. The van der Waals surface area contributed by atoms with E-state index in [4.69, 9.17) is 4.74 Å². The van der Waals surface area contributed by atoms with Gasteiger partial charge in [-0.25, -0.2) is 0 Å². The maximum absolute atomic E-state index is 13.7. The molecular formula is C40H43F3N6O4. The molecule has 0 aliphatic carbocycles. The van der Waals surface area contributed by atoms with Crippen LogP contribution in [0.4, 0.5) is 24.5 Å². The van der Waals surface area contributed by atoms with Gasteiger partial charge in [-0.15, -0.1) is 0 Å². The zero-order valence-corrected chi connectivity index (χ0v) is 30.2. The summed E-state index contributed by atoms with van der Waals surface area (Å²) in [6, 6.07) is 15.8. The van der Waals surface area contributed by atoms with E-state index in [-0.39, 0.29) is 17.4 Å². The minimum atomic E-state index is -4.57. The number of anilines is 2. The molecule has 53 heavy (non-hydrogen) atoms. The van der Waals surface area contributed by atoms with Gasteiger partial charge < -0.3 is 30.2 Å². The average Bonchev–Trinajstić information content (AvgIpc) is 3.60. The van der Waals surface area contributed by atoms with Crippen molar-refractivity contribution in [2.75, 3.05) is 63.0 Å². The summed E-state index contributed by atoms with van der Waals surface area (Å²) in [5.74, 6) is -0.225. The van der Waals surface area contributed by atoms with E-state index in [1.165, 1.54) is 12.1 Å². The molecule has 2 aliphatic rings. The topological polar surface area (TPSA) is 110 Å². The fourth-order valence-electron chi connectivity index (χ4n) is 6.73. The largest absolute Gasteiger partial charge is 0.457 e. The lowest BCUT2D eigenvalue weighted by Gasteiger charge is -2.35. The first-order chi connectivity index (χ1) is 25.3. The Morgan fingerprint density at radius 2 is 1.66 bits per heavy atom. The number of aryl methyl sites for hydroxylation is 1. The lowest BCUT2D eigenvalue weighted by molar-refractivity contribution is -0.137. The van der Waals surface area contributed by atoms with E-state index in [1.54, 1.807) is 48.5 Å². The summed E-state index contributed by atoms with van der Waals surface area (Å²) in [6.07, 6.45) is -2.80. The fourth-order valence-corrected chi connectivity index (χ4v) is 6.73. The molecule has 2 aliphatic heterocycles. The van der Waals surface area contributed by atoms with E-state index in [1.807, 2.05) is 18.7 Å². The van der Waals surface area contributed by atoms with Crippen LogP contribution in [0.5, 0.6) is 11.5 Å². The van der Waals surface area contributed by atoms with Crippen molar-refractivity contribution in [3.8, 4) is 11.5 Å². The molecule has 1 fully saturated rings. The van der Waals surface area contributed by atoms with Crippen molar-refractivity contribution >= 4 is 40.7 Å². The smallest absolute Gasteiger partial charge is 0.416 e. The lowest BCUT2D eigenvalue weighted by atomic mass is 10.0. The molecule has 278 valence electrons. The third-order valence-electron chi connectivity index (χ3n) is 9.82. The van der Waals surface area contributed by atoms with Crippen LogP contribution in [-0.4, -0.2) is 89.8 Å². The van der Waals surface area contributed by atoms with Gasteiger partial charge in [-0.1, -0.05) is 26.0 Å². The molecule has 0 atom stereocenters. The molecule has 3 N–H and O–H groups in total. The number of hydrogen-bond acceptors (Lipinski definition) is 6. The van der Waals surface area contributed by atoms with Gasteiger partial charge in [0.1, 0.15) is 11.5 Å². The first-order valence-electron chi connectivity index (χ1n) is 17.7. The van der Waals surface area contributed by atoms with Crippen LogP contribution in [-0.2, 0) is 11.0 Å². The molecular weight excluding hydrogens is 685 g/mol. The lowest BCUT2D eigenvalue weighted by Crippen LogP contribution is -2.50. The number of ether oxygens (including phenoxy) is 1. The van der Waals surface area contributed by atoms with Gasteiger partial charge >= 0.3 is 6.18 Å². The van der Waals surface area contributed by atoms with Crippen LogP contribution in [0.1, 0.15) is 62.6 Å². The second-order valence-electron chi connectivity index (χ2n) is 13.2. The van der Waals surface area contributed by atoms with Gasteiger partial charge in [0.2, 0.25) is 0 Å². The minimum absolute atomic E-state index is 0.0124. The molecule has 3 amide bonds. The Labute approximate surface area is 306 Å². The van der Waals surface area contributed by atoms with Gasteiger partial charge in [0.15, 0.2) is 0 Å².